The number of nitrogens with zero attached hydrogens (tertiary/aromatic N) is 3. The predicted molar refractivity (Wildman–Crippen MR) is 78.5 cm³/mol. The lowest BCUT2D eigenvalue weighted by molar-refractivity contribution is 0.215. The van der Waals surface area contributed by atoms with Gasteiger partial charge < -0.3 is 20.6 Å². The van der Waals surface area contributed by atoms with Gasteiger partial charge in [0, 0.05) is 5.92 Å². The average Bonchev–Trinajstić information content (AvgIpc) is 2.94. The van der Waals surface area contributed by atoms with Crippen LogP contribution in [0.15, 0.2) is 47.5 Å². The lowest BCUT2D eigenvalue weighted by Crippen LogP contribution is -2.27. The minimum Gasteiger partial charge on any atom is -0.435 e. The normalized spacial score (nSPS) is 22.8. The fourth-order valence-electron chi connectivity index (χ4n) is 2.21. The van der Waals surface area contributed by atoms with Gasteiger partial charge in [-0.3, -0.25) is 0 Å². The summed E-state index contributed by atoms with van der Waals surface area (Å²) in [6.45, 7) is 0. The van der Waals surface area contributed by atoms with E-state index >= 15 is 0 Å². The van der Waals surface area contributed by atoms with Crippen molar-refractivity contribution < 1.29 is 14.0 Å². The van der Waals surface area contributed by atoms with Gasteiger partial charge >= 0.3 is 0 Å². The van der Waals surface area contributed by atoms with Crippen molar-refractivity contribution in [2.45, 2.75) is 6.04 Å². The number of halogens is 1. The molecule has 114 valence electrons. The second-order valence-corrected chi connectivity index (χ2v) is 4.67. The Bertz CT molecular complexity index is 698. The molecule has 0 bridgehead atoms. The molecule has 0 saturated carbocycles. The molecule has 1 aliphatic heterocycles. The second kappa shape index (κ2) is 5.84. The van der Waals surface area contributed by atoms with Crippen molar-refractivity contribution in [1.29, 1.82) is 0 Å². The van der Waals surface area contributed by atoms with Crippen LogP contribution in [0.3, 0.4) is 0 Å². The Morgan fingerprint density at radius 2 is 2.27 bits per heavy atom. The van der Waals surface area contributed by atoms with Gasteiger partial charge in [0.2, 0.25) is 5.88 Å². The number of nitrogens with one attached hydrogen (secondary N) is 1. The molecule has 0 amide bonds. The van der Waals surface area contributed by atoms with Crippen LogP contribution in [0.4, 0.5) is 10.2 Å². The van der Waals surface area contributed by atoms with Crippen LogP contribution in [-0.2, 0) is 4.84 Å². The number of allylic oxidation sites excluding steroid dienone is 1. The van der Waals surface area contributed by atoms with E-state index in [9.17, 15) is 4.39 Å². The number of ether oxygens (including phenoxy) is 1. The molecule has 7 nitrogen and oxygen atoms in total. The van der Waals surface area contributed by atoms with E-state index in [2.05, 4.69) is 25.3 Å². The Kier molecular flexibility index (Phi) is 3.73. The summed E-state index contributed by atoms with van der Waals surface area (Å²) in [6, 6.07) is -0.0858. The van der Waals surface area contributed by atoms with Gasteiger partial charge in [0.25, 0.3) is 0 Å². The van der Waals surface area contributed by atoms with Crippen molar-refractivity contribution in [3.05, 3.63) is 47.9 Å². The molecule has 1 aliphatic carbocycles. The largest absolute Gasteiger partial charge is 0.435 e. The van der Waals surface area contributed by atoms with Crippen molar-refractivity contribution in [1.82, 2.24) is 15.3 Å². The number of rotatable bonds is 4. The summed E-state index contributed by atoms with van der Waals surface area (Å²) in [7, 11) is 1.39. The van der Waals surface area contributed by atoms with E-state index < -0.39 is 5.83 Å². The van der Waals surface area contributed by atoms with Gasteiger partial charge in [-0.15, -0.1) is 0 Å². The van der Waals surface area contributed by atoms with E-state index in [1.54, 1.807) is 12.3 Å². The highest BCUT2D eigenvalue weighted by Gasteiger charge is 2.27. The lowest BCUT2D eigenvalue weighted by atomic mass is 9.96. The van der Waals surface area contributed by atoms with E-state index in [0.29, 0.717) is 5.56 Å². The Morgan fingerprint density at radius 3 is 3.09 bits per heavy atom. The van der Waals surface area contributed by atoms with E-state index in [1.165, 1.54) is 25.7 Å². The standard InChI is InChI=1S/C14H14FN5O2/c1-21-20-6-9-13(16)18-7-19-14(9)22-12-4-8-2-3-17-11(8)5-10(12)15/h2-8,11,17H,1H3,(H2,16,18,19)/b20-6+. The molecule has 0 saturated heterocycles. The first kappa shape index (κ1) is 14.1. The van der Waals surface area contributed by atoms with Crippen LogP contribution >= 0.6 is 0 Å². The van der Waals surface area contributed by atoms with Gasteiger partial charge in [-0.25, -0.2) is 14.4 Å². The lowest BCUT2D eigenvalue weighted by Gasteiger charge is -2.20. The molecule has 0 radical (unpaired) electrons. The molecule has 2 aliphatic rings. The van der Waals surface area contributed by atoms with Crippen LogP contribution in [0.25, 0.3) is 0 Å². The van der Waals surface area contributed by atoms with Crippen LogP contribution < -0.4 is 15.8 Å². The van der Waals surface area contributed by atoms with Crippen LogP contribution in [0, 0.1) is 5.92 Å². The van der Waals surface area contributed by atoms with E-state index in [0.717, 1.165) is 0 Å². The number of nitrogens with two attached hydrogens (primary N) is 1. The van der Waals surface area contributed by atoms with Crippen LogP contribution in [0.2, 0.25) is 0 Å². The highest BCUT2D eigenvalue weighted by molar-refractivity contribution is 5.88. The molecule has 0 fully saturated rings. The van der Waals surface area contributed by atoms with Gasteiger partial charge in [0.05, 0.1) is 12.3 Å². The third-order valence-electron chi connectivity index (χ3n) is 3.30. The summed E-state index contributed by atoms with van der Waals surface area (Å²) in [5, 5.41) is 6.66. The Labute approximate surface area is 126 Å². The van der Waals surface area contributed by atoms with Crippen LogP contribution in [0.5, 0.6) is 5.88 Å². The second-order valence-electron chi connectivity index (χ2n) is 4.67. The molecule has 2 atom stereocenters. The summed E-state index contributed by atoms with van der Waals surface area (Å²) < 4.78 is 19.7. The number of oxime groups is 1. The number of anilines is 1. The smallest absolute Gasteiger partial charge is 0.233 e. The van der Waals surface area contributed by atoms with Gasteiger partial charge in [-0.05, 0) is 18.4 Å². The average molecular weight is 303 g/mol. The van der Waals surface area contributed by atoms with Gasteiger partial charge in [-0.1, -0.05) is 11.2 Å². The third kappa shape index (κ3) is 2.62. The zero-order valence-electron chi connectivity index (χ0n) is 11.7. The van der Waals surface area contributed by atoms with Gasteiger partial charge in [0.15, 0.2) is 11.6 Å². The zero-order chi connectivity index (χ0) is 15.5. The van der Waals surface area contributed by atoms with Crippen molar-refractivity contribution in [3.63, 3.8) is 0 Å². The third-order valence-corrected chi connectivity index (χ3v) is 3.30. The highest BCUT2D eigenvalue weighted by atomic mass is 19.1. The fraction of sp³-hybridized carbons (Fsp3) is 0.214. The summed E-state index contributed by atoms with van der Waals surface area (Å²) in [5.41, 5.74) is 6.08. The molecule has 1 aromatic rings. The zero-order valence-corrected chi connectivity index (χ0v) is 11.7. The quantitative estimate of drug-likeness (QED) is 0.642. The van der Waals surface area contributed by atoms with Crippen molar-refractivity contribution in [2.24, 2.45) is 11.1 Å². The summed E-state index contributed by atoms with van der Waals surface area (Å²) in [5.74, 6) is -0.0859. The molecule has 0 spiro atoms. The van der Waals surface area contributed by atoms with Crippen LogP contribution in [-0.4, -0.2) is 29.3 Å². The SMILES string of the molecule is CO/N=C/c1c(N)ncnc1OC1=CC2C=CNC2C=C1F. The van der Waals surface area contributed by atoms with E-state index in [4.69, 9.17) is 10.5 Å². The Hall–Kier alpha value is -2.90. The molecular formula is C14H14FN5O2. The topological polar surface area (TPSA) is 94.7 Å². The number of fused-ring (bicyclic) bond motifs is 1. The van der Waals surface area contributed by atoms with Crippen molar-refractivity contribution in [2.75, 3.05) is 12.8 Å². The minimum atomic E-state index is -0.468. The Balaban J connectivity index is 1.90. The first-order valence-electron chi connectivity index (χ1n) is 6.56. The monoisotopic (exact) mass is 303 g/mol. The number of aromatic nitrogens is 2. The number of hydrogen-bond donors (Lipinski definition) is 2. The molecule has 22 heavy (non-hydrogen) atoms. The molecule has 0 aromatic carbocycles. The molecule has 8 heteroatoms. The highest BCUT2D eigenvalue weighted by Crippen LogP contribution is 2.30. The van der Waals surface area contributed by atoms with E-state index in [-0.39, 0.29) is 29.4 Å². The van der Waals surface area contributed by atoms with Gasteiger partial charge in [-0.2, -0.15) is 0 Å². The maximum Gasteiger partial charge on any atom is 0.233 e. The first-order chi connectivity index (χ1) is 10.7. The summed E-state index contributed by atoms with van der Waals surface area (Å²) in [6.07, 6.45) is 9.42. The molecule has 2 unspecified atom stereocenters. The fourth-order valence-corrected chi connectivity index (χ4v) is 2.21. The summed E-state index contributed by atoms with van der Waals surface area (Å²) >= 11 is 0. The first-order valence-corrected chi connectivity index (χ1v) is 6.56. The van der Waals surface area contributed by atoms with Gasteiger partial charge in [0.1, 0.15) is 24.8 Å². The molecule has 3 N–H and O–H groups in total. The molecule has 3 rings (SSSR count). The Morgan fingerprint density at radius 1 is 1.41 bits per heavy atom. The van der Waals surface area contributed by atoms with E-state index in [1.807, 2.05) is 6.08 Å². The molecule has 2 heterocycles. The minimum absolute atomic E-state index is 0.0322. The predicted octanol–water partition coefficient (Wildman–Crippen LogP) is 1.27. The number of hydrogen-bond acceptors (Lipinski definition) is 7. The molecule has 1 aromatic heterocycles. The van der Waals surface area contributed by atoms with Crippen molar-refractivity contribution >= 4 is 12.0 Å². The summed E-state index contributed by atoms with van der Waals surface area (Å²) in [4.78, 5) is 12.4. The van der Waals surface area contributed by atoms with Crippen LogP contribution in [0.1, 0.15) is 5.56 Å². The van der Waals surface area contributed by atoms with Crippen molar-refractivity contribution in [3.8, 4) is 5.88 Å². The maximum absolute atomic E-state index is 14.1. The number of nitrogen functional groups attached to an aromatic ring is 1. The maximum atomic E-state index is 14.1. The molecular weight excluding hydrogens is 289 g/mol.